The number of hydrogen-bond acceptors (Lipinski definition) is 16. The van der Waals surface area contributed by atoms with Crippen molar-refractivity contribution in [2.75, 3.05) is 0 Å². The van der Waals surface area contributed by atoms with Crippen LogP contribution in [0, 0.1) is 27.7 Å². The molecule has 0 aliphatic heterocycles. The molecule has 0 saturated heterocycles. The van der Waals surface area contributed by atoms with E-state index >= 15 is 0 Å². The van der Waals surface area contributed by atoms with Crippen LogP contribution in [0.15, 0.2) is 48.5 Å². The number of carbonyl (C=O) groups is 8. The Morgan fingerprint density at radius 1 is 0.321 bits per heavy atom. The van der Waals surface area contributed by atoms with Gasteiger partial charge in [-0.2, -0.15) is 0 Å². The average molecular weight is 835 g/mol. The van der Waals surface area contributed by atoms with E-state index in [9.17, 15) is 38.4 Å². The summed E-state index contributed by atoms with van der Waals surface area (Å²) in [6.45, 7) is 7.47. The summed E-state index contributed by atoms with van der Waals surface area (Å²) in [6.07, 6.45) is 0. The van der Waals surface area contributed by atoms with E-state index in [0.717, 1.165) is 0 Å². The molecule has 0 aromatic heterocycles. The second-order valence-corrected chi connectivity index (χ2v) is 21.3. The summed E-state index contributed by atoms with van der Waals surface area (Å²) in [4.78, 5) is 94.3. The molecule has 0 atom stereocenters. The van der Waals surface area contributed by atoms with Crippen molar-refractivity contribution in [2.45, 2.75) is 27.7 Å². The first-order chi connectivity index (χ1) is 25.6. The number of benzene rings is 4. The second-order valence-electron chi connectivity index (χ2n) is 10.8. The van der Waals surface area contributed by atoms with Crippen molar-refractivity contribution in [3.05, 3.63) is 70.8 Å². The Labute approximate surface area is 304 Å². The van der Waals surface area contributed by atoms with E-state index in [0.29, 0.717) is 14.3 Å². The first kappa shape index (κ1) is 39.2. The van der Waals surface area contributed by atoms with Crippen molar-refractivity contribution < 1.29 is 76.3 Å². The summed E-state index contributed by atoms with van der Waals surface area (Å²) < 4.78 is 43.8. The minimum atomic E-state index is -5.81. The van der Waals surface area contributed by atoms with Crippen LogP contribution in [0.4, 0.5) is 0 Å². The zero-order valence-corrected chi connectivity index (χ0v) is 31.1. The van der Waals surface area contributed by atoms with Crippen LogP contribution in [0.3, 0.4) is 0 Å². The van der Waals surface area contributed by atoms with Crippen LogP contribution in [0.5, 0.6) is 46.0 Å². The first-order valence-corrected chi connectivity index (χ1v) is 20.7. The predicted octanol–water partition coefficient (Wildman–Crippen LogP) is 0.579. The molecule has 16 nitrogen and oxygen atoms in total. The standard InChI is InChI=1S/4C9H7O4.Sn/c4*1-7-2-3-8(12-5-10)4-9(7)13-6-11;/h4*3-6H,1H3;. The molecule has 272 valence electrons. The van der Waals surface area contributed by atoms with Gasteiger partial charge < -0.3 is 0 Å². The van der Waals surface area contributed by atoms with Gasteiger partial charge >= 0.3 is 305 Å². The molecule has 0 aliphatic carbocycles. The summed E-state index contributed by atoms with van der Waals surface area (Å²) in [5.41, 5.74) is 1.12. The summed E-state index contributed by atoms with van der Waals surface area (Å²) in [6, 6.07) is 11.0. The molecule has 4 aromatic carbocycles. The Morgan fingerprint density at radius 2 is 0.509 bits per heavy atom. The number of ether oxygens (including phenoxy) is 8. The molecule has 4 rings (SSSR count). The van der Waals surface area contributed by atoms with Gasteiger partial charge in [0.1, 0.15) is 0 Å². The third-order valence-electron chi connectivity index (χ3n) is 8.39. The number of carbonyl (C=O) groups excluding carboxylic acids is 8. The van der Waals surface area contributed by atoms with Crippen LogP contribution in [-0.2, 0) is 38.4 Å². The van der Waals surface area contributed by atoms with Gasteiger partial charge in [0, 0.05) is 0 Å². The van der Waals surface area contributed by atoms with Crippen molar-refractivity contribution in [3.63, 3.8) is 0 Å². The van der Waals surface area contributed by atoms with Gasteiger partial charge in [0.25, 0.3) is 0 Å². The molecule has 4 aromatic rings. The maximum atomic E-state index is 11.8. The predicted molar refractivity (Wildman–Crippen MR) is 183 cm³/mol. The van der Waals surface area contributed by atoms with E-state index in [1.165, 1.54) is 48.5 Å². The van der Waals surface area contributed by atoms with E-state index in [1.807, 2.05) is 0 Å². The second kappa shape index (κ2) is 17.6. The van der Waals surface area contributed by atoms with Crippen molar-refractivity contribution in [1.82, 2.24) is 0 Å². The van der Waals surface area contributed by atoms with Gasteiger partial charge in [0.15, 0.2) is 0 Å². The molecule has 53 heavy (non-hydrogen) atoms. The van der Waals surface area contributed by atoms with Crippen LogP contribution in [-0.4, -0.2) is 70.2 Å². The number of rotatable bonds is 20. The molecule has 17 heteroatoms. The van der Waals surface area contributed by atoms with Crippen LogP contribution >= 0.6 is 0 Å². The summed E-state index contributed by atoms with van der Waals surface area (Å²) in [7, 11) is 0. The van der Waals surface area contributed by atoms with Crippen molar-refractivity contribution in [2.24, 2.45) is 0 Å². The van der Waals surface area contributed by atoms with Crippen LogP contribution in [0.25, 0.3) is 0 Å². The molecule has 0 radical (unpaired) electrons. The normalized spacial score (nSPS) is 10.5. The van der Waals surface area contributed by atoms with Crippen LogP contribution < -0.4 is 52.2 Å². The van der Waals surface area contributed by atoms with E-state index in [1.54, 1.807) is 27.7 Å². The zero-order chi connectivity index (χ0) is 38.7. The fraction of sp³-hybridized carbons (Fsp3) is 0.111. The van der Waals surface area contributed by atoms with Gasteiger partial charge in [0.05, 0.1) is 0 Å². The van der Waals surface area contributed by atoms with E-state index in [4.69, 9.17) is 37.9 Å². The monoisotopic (exact) mass is 836 g/mol. The summed E-state index contributed by atoms with van der Waals surface area (Å²) >= 11 is -5.81. The Morgan fingerprint density at radius 3 is 0.679 bits per heavy atom. The molecule has 0 amide bonds. The Bertz CT molecular complexity index is 1810. The topological polar surface area (TPSA) is 210 Å². The van der Waals surface area contributed by atoms with E-state index in [2.05, 4.69) is 0 Å². The van der Waals surface area contributed by atoms with Crippen molar-refractivity contribution in [1.29, 1.82) is 0 Å². The molecule has 0 fully saturated rings. The fourth-order valence-corrected chi connectivity index (χ4v) is 23.2. The van der Waals surface area contributed by atoms with Crippen molar-refractivity contribution in [3.8, 4) is 46.0 Å². The summed E-state index contributed by atoms with van der Waals surface area (Å²) in [5, 5.41) is 0. The van der Waals surface area contributed by atoms with Crippen LogP contribution in [0.2, 0.25) is 0 Å². The van der Waals surface area contributed by atoms with Gasteiger partial charge in [0.2, 0.25) is 0 Å². The zero-order valence-electron chi connectivity index (χ0n) is 28.3. The van der Waals surface area contributed by atoms with Gasteiger partial charge in [-0.15, -0.1) is 0 Å². The first-order valence-electron chi connectivity index (χ1n) is 15.0. The van der Waals surface area contributed by atoms with Gasteiger partial charge in [-0.3, -0.25) is 0 Å². The third kappa shape index (κ3) is 7.71. The molecule has 0 spiro atoms. The van der Waals surface area contributed by atoms with Gasteiger partial charge in [-0.05, 0) is 0 Å². The van der Waals surface area contributed by atoms with Gasteiger partial charge in [-0.25, -0.2) is 0 Å². The molecule has 0 heterocycles. The molecule has 0 saturated carbocycles. The molecular weight excluding hydrogens is 807 g/mol. The molecule has 0 N–H and O–H groups in total. The van der Waals surface area contributed by atoms with Gasteiger partial charge in [-0.1, -0.05) is 0 Å². The third-order valence-corrected chi connectivity index (χ3v) is 23.5. The maximum absolute atomic E-state index is 11.8. The minimum absolute atomic E-state index is 0.0811. The van der Waals surface area contributed by atoms with E-state index < -0.39 is 18.4 Å². The Hall–Kier alpha value is -6.56. The van der Waals surface area contributed by atoms with Crippen LogP contribution in [0.1, 0.15) is 22.3 Å². The number of hydrogen-bond donors (Lipinski definition) is 0. The quantitative estimate of drug-likeness (QED) is 0.0881. The molecule has 0 unspecified atom stereocenters. The van der Waals surface area contributed by atoms with Crippen molar-refractivity contribution >= 4 is 84.5 Å². The average Bonchev–Trinajstić information content (AvgIpc) is 3.13. The summed E-state index contributed by atoms with van der Waals surface area (Å²) in [5.74, 6) is -0.804. The Balaban J connectivity index is 2.56. The molecule has 0 bridgehead atoms. The molecule has 0 aliphatic rings. The van der Waals surface area contributed by atoms with E-state index in [-0.39, 0.29) is 120 Å². The SMILES string of the molecule is Cc1c(OC=O)cc(OC=O)c[c]1[Sn]([c]1cc(OC=O)cc(OC=O)c1C)([c]1cc(OC=O)cc(OC=O)c1C)[c]1cc(OC=O)cc(OC=O)c1C. The fourth-order valence-electron chi connectivity index (χ4n) is 6.27. The Kier molecular flexibility index (Phi) is 13.0. The molecular formula is C36H28O16Sn.